The summed E-state index contributed by atoms with van der Waals surface area (Å²) in [6, 6.07) is 4.46. The second-order valence-electron chi connectivity index (χ2n) is 3.17. The van der Waals surface area contributed by atoms with Gasteiger partial charge in [-0.2, -0.15) is 13.2 Å². The first-order valence-corrected chi connectivity index (χ1v) is 4.48. The molecule has 2 aromatic heterocycles. The summed E-state index contributed by atoms with van der Waals surface area (Å²) >= 11 is 0. The summed E-state index contributed by atoms with van der Waals surface area (Å²) in [5.41, 5.74) is -0.485. The third-order valence-corrected chi connectivity index (χ3v) is 1.94. The Morgan fingerprint density at radius 1 is 1.25 bits per heavy atom. The van der Waals surface area contributed by atoms with Crippen molar-refractivity contribution in [1.29, 1.82) is 0 Å². The molecular weight excluding hydrogens is 219 g/mol. The first-order chi connectivity index (χ1) is 7.55. The average molecular weight is 227 g/mol. The molecule has 0 unspecified atom stereocenters. The minimum Gasteiger partial charge on any atom is -0.348 e. The van der Waals surface area contributed by atoms with E-state index in [0.29, 0.717) is 5.82 Å². The highest BCUT2D eigenvalue weighted by Gasteiger charge is 2.31. The molecule has 6 heteroatoms. The standard InChI is InChI=1S/C10H8F3N3/c11-10(12,13)7-4-8(6-14-5-7)16-9-2-1-3-15-9/h1-6,15-16H. The number of nitrogens with zero attached hydrogens (tertiary/aromatic N) is 1. The van der Waals surface area contributed by atoms with E-state index in [0.717, 1.165) is 12.3 Å². The molecule has 0 radical (unpaired) electrons. The van der Waals surface area contributed by atoms with Gasteiger partial charge < -0.3 is 10.3 Å². The lowest BCUT2D eigenvalue weighted by Gasteiger charge is -2.08. The largest absolute Gasteiger partial charge is 0.417 e. The Morgan fingerprint density at radius 3 is 2.69 bits per heavy atom. The van der Waals surface area contributed by atoms with E-state index >= 15 is 0 Å². The van der Waals surface area contributed by atoms with Gasteiger partial charge in [0.2, 0.25) is 0 Å². The van der Waals surface area contributed by atoms with Crippen LogP contribution < -0.4 is 5.32 Å². The summed E-state index contributed by atoms with van der Waals surface area (Å²) in [6.45, 7) is 0. The number of H-pyrrole nitrogens is 1. The lowest BCUT2D eigenvalue weighted by molar-refractivity contribution is -0.137. The summed E-state index contributed by atoms with van der Waals surface area (Å²) < 4.78 is 37.1. The normalized spacial score (nSPS) is 11.4. The quantitative estimate of drug-likeness (QED) is 0.827. The molecule has 0 atom stereocenters. The van der Waals surface area contributed by atoms with Crippen molar-refractivity contribution in [3.8, 4) is 0 Å². The average Bonchev–Trinajstić information content (AvgIpc) is 2.70. The highest BCUT2D eigenvalue weighted by atomic mass is 19.4. The maximum Gasteiger partial charge on any atom is 0.417 e. The minimum absolute atomic E-state index is 0.289. The van der Waals surface area contributed by atoms with E-state index in [-0.39, 0.29) is 5.69 Å². The van der Waals surface area contributed by atoms with Crippen LogP contribution in [0.1, 0.15) is 5.56 Å². The summed E-state index contributed by atoms with van der Waals surface area (Å²) in [4.78, 5) is 6.36. The molecule has 16 heavy (non-hydrogen) atoms. The van der Waals surface area contributed by atoms with Gasteiger partial charge in [-0.05, 0) is 18.2 Å². The summed E-state index contributed by atoms with van der Waals surface area (Å²) in [6.07, 6.45) is -0.584. The highest BCUT2D eigenvalue weighted by Crippen LogP contribution is 2.30. The molecular formula is C10H8F3N3. The Bertz CT molecular complexity index is 462. The second kappa shape index (κ2) is 3.88. The number of aromatic nitrogens is 2. The zero-order valence-corrected chi connectivity index (χ0v) is 8.05. The molecule has 0 aromatic carbocycles. The van der Waals surface area contributed by atoms with Crippen LogP contribution in [0.15, 0.2) is 36.8 Å². The lowest BCUT2D eigenvalue weighted by atomic mass is 10.2. The zero-order chi connectivity index (χ0) is 11.6. The Kier molecular flexibility index (Phi) is 2.55. The number of anilines is 2. The van der Waals surface area contributed by atoms with Crippen molar-refractivity contribution in [2.45, 2.75) is 6.18 Å². The molecule has 0 spiro atoms. The Labute approximate surface area is 89.3 Å². The van der Waals surface area contributed by atoms with Crippen LogP contribution in [-0.4, -0.2) is 9.97 Å². The first kappa shape index (κ1) is 10.5. The predicted octanol–water partition coefficient (Wildman–Crippen LogP) is 3.17. The van der Waals surface area contributed by atoms with Crippen LogP contribution in [0, 0.1) is 0 Å². The van der Waals surface area contributed by atoms with Crippen LogP contribution in [0.2, 0.25) is 0 Å². The molecule has 0 saturated heterocycles. The fourth-order valence-electron chi connectivity index (χ4n) is 1.23. The van der Waals surface area contributed by atoms with E-state index in [4.69, 9.17) is 0 Å². The predicted molar refractivity (Wildman–Crippen MR) is 53.3 cm³/mol. The molecule has 3 nitrogen and oxygen atoms in total. The highest BCUT2D eigenvalue weighted by molar-refractivity contribution is 5.55. The number of hydrogen-bond donors (Lipinski definition) is 2. The molecule has 0 aliphatic carbocycles. The van der Waals surface area contributed by atoms with Crippen LogP contribution in [0.5, 0.6) is 0 Å². The fraction of sp³-hybridized carbons (Fsp3) is 0.100. The van der Waals surface area contributed by atoms with Gasteiger partial charge in [0, 0.05) is 12.4 Å². The zero-order valence-electron chi connectivity index (χ0n) is 8.05. The van der Waals surface area contributed by atoms with Crippen LogP contribution in [-0.2, 0) is 6.18 Å². The maximum absolute atomic E-state index is 12.4. The molecule has 0 bridgehead atoms. The van der Waals surface area contributed by atoms with Crippen molar-refractivity contribution in [2.24, 2.45) is 0 Å². The summed E-state index contributed by atoms with van der Waals surface area (Å²) in [7, 11) is 0. The maximum atomic E-state index is 12.4. The molecule has 2 heterocycles. The van der Waals surface area contributed by atoms with Crippen molar-refractivity contribution in [3.05, 3.63) is 42.4 Å². The van der Waals surface area contributed by atoms with Crippen molar-refractivity contribution in [1.82, 2.24) is 9.97 Å². The molecule has 2 N–H and O–H groups in total. The Balaban J connectivity index is 2.23. The van der Waals surface area contributed by atoms with Gasteiger partial charge in [-0.3, -0.25) is 4.98 Å². The van der Waals surface area contributed by atoms with Gasteiger partial charge in [0.1, 0.15) is 5.82 Å². The molecule has 2 rings (SSSR count). The van der Waals surface area contributed by atoms with Gasteiger partial charge in [-0.25, -0.2) is 0 Å². The molecule has 2 aromatic rings. The molecule has 0 amide bonds. The summed E-state index contributed by atoms with van der Waals surface area (Å²) in [5.74, 6) is 0.612. The molecule has 84 valence electrons. The van der Waals surface area contributed by atoms with Crippen molar-refractivity contribution < 1.29 is 13.2 Å². The molecule has 0 saturated carbocycles. The van der Waals surface area contributed by atoms with Gasteiger partial charge in [0.25, 0.3) is 0 Å². The molecule has 0 aliphatic heterocycles. The fourth-order valence-corrected chi connectivity index (χ4v) is 1.23. The monoisotopic (exact) mass is 227 g/mol. The van der Waals surface area contributed by atoms with Crippen LogP contribution in [0.4, 0.5) is 24.7 Å². The molecule has 0 aliphatic rings. The van der Waals surface area contributed by atoms with Gasteiger partial charge in [-0.1, -0.05) is 0 Å². The van der Waals surface area contributed by atoms with E-state index in [1.807, 2.05) is 0 Å². The number of aromatic amines is 1. The van der Waals surface area contributed by atoms with E-state index < -0.39 is 11.7 Å². The number of hydrogen-bond acceptors (Lipinski definition) is 2. The number of halogens is 3. The Hall–Kier alpha value is -1.98. The third-order valence-electron chi connectivity index (χ3n) is 1.94. The SMILES string of the molecule is FC(F)(F)c1cncc(Nc2ccc[nH]2)c1. The number of pyridine rings is 1. The topological polar surface area (TPSA) is 40.7 Å². The van der Waals surface area contributed by atoms with Crippen molar-refractivity contribution >= 4 is 11.5 Å². The van der Waals surface area contributed by atoms with E-state index in [1.165, 1.54) is 6.20 Å². The van der Waals surface area contributed by atoms with Crippen molar-refractivity contribution in [3.63, 3.8) is 0 Å². The van der Waals surface area contributed by atoms with E-state index in [9.17, 15) is 13.2 Å². The second-order valence-corrected chi connectivity index (χ2v) is 3.17. The van der Waals surface area contributed by atoms with Gasteiger partial charge in [0.15, 0.2) is 0 Å². The Morgan fingerprint density at radius 2 is 2.06 bits per heavy atom. The van der Waals surface area contributed by atoms with Gasteiger partial charge in [0.05, 0.1) is 17.4 Å². The number of nitrogens with one attached hydrogen (secondary N) is 2. The van der Waals surface area contributed by atoms with Crippen molar-refractivity contribution in [2.75, 3.05) is 5.32 Å². The van der Waals surface area contributed by atoms with Crippen LogP contribution in [0.3, 0.4) is 0 Å². The number of alkyl halides is 3. The van der Waals surface area contributed by atoms with Crippen LogP contribution in [0.25, 0.3) is 0 Å². The summed E-state index contributed by atoms with van der Waals surface area (Å²) in [5, 5.41) is 2.78. The molecule has 0 fully saturated rings. The minimum atomic E-state index is -4.37. The van der Waals surface area contributed by atoms with Gasteiger partial charge in [-0.15, -0.1) is 0 Å². The van der Waals surface area contributed by atoms with Crippen LogP contribution >= 0.6 is 0 Å². The van der Waals surface area contributed by atoms with Gasteiger partial charge >= 0.3 is 6.18 Å². The number of rotatable bonds is 2. The first-order valence-electron chi connectivity index (χ1n) is 4.48. The van der Waals surface area contributed by atoms with E-state index in [1.54, 1.807) is 18.3 Å². The third kappa shape index (κ3) is 2.33. The smallest absolute Gasteiger partial charge is 0.348 e. The lowest BCUT2D eigenvalue weighted by Crippen LogP contribution is -2.06. The van der Waals surface area contributed by atoms with E-state index in [2.05, 4.69) is 15.3 Å².